The number of nitrogens with one attached hydrogen (secondary N) is 1. The van der Waals surface area contributed by atoms with Gasteiger partial charge in [-0.1, -0.05) is 6.92 Å². The molecule has 4 rings (SSSR count). The Hall–Kier alpha value is -2.89. The van der Waals surface area contributed by atoms with E-state index in [-0.39, 0.29) is 11.9 Å². The van der Waals surface area contributed by atoms with Gasteiger partial charge in [0, 0.05) is 35.1 Å². The summed E-state index contributed by atoms with van der Waals surface area (Å²) in [5, 5.41) is 1.09. The molecule has 1 aliphatic heterocycles. The lowest BCUT2D eigenvalue weighted by Crippen LogP contribution is -2.42. The van der Waals surface area contributed by atoms with Crippen molar-refractivity contribution in [1.82, 2.24) is 19.9 Å². The Bertz CT molecular complexity index is 934. The molecule has 1 aromatic carbocycles. The van der Waals surface area contributed by atoms with Gasteiger partial charge in [-0.25, -0.2) is 9.97 Å². The van der Waals surface area contributed by atoms with E-state index in [4.69, 9.17) is 4.74 Å². The van der Waals surface area contributed by atoms with Crippen molar-refractivity contribution in [3.05, 3.63) is 48.0 Å². The molecule has 1 aliphatic rings. The fourth-order valence-electron chi connectivity index (χ4n) is 3.33. The molecule has 2 aromatic heterocycles. The quantitative estimate of drug-likeness (QED) is 0.795. The molecule has 0 saturated carbocycles. The zero-order valence-corrected chi connectivity index (χ0v) is 14.3. The van der Waals surface area contributed by atoms with Gasteiger partial charge in [-0.3, -0.25) is 4.79 Å². The number of hydrogen-bond donors (Lipinski definition) is 1. The van der Waals surface area contributed by atoms with E-state index >= 15 is 0 Å². The largest absolute Gasteiger partial charge is 0.439 e. The molecule has 3 heterocycles. The van der Waals surface area contributed by atoms with Crippen LogP contribution in [0.4, 0.5) is 0 Å². The third-order valence-electron chi connectivity index (χ3n) is 4.71. The second-order valence-corrected chi connectivity index (χ2v) is 6.36. The molecule has 1 atom stereocenters. The first kappa shape index (κ1) is 15.6. The number of aromatic amines is 1. The number of hydrogen-bond acceptors (Lipinski definition) is 4. The van der Waals surface area contributed by atoms with Crippen molar-refractivity contribution in [3.63, 3.8) is 0 Å². The molecular formula is C19H20N4O2. The monoisotopic (exact) mass is 336 g/mol. The predicted octanol–water partition coefficient (Wildman–Crippen LogP) is 3.43. The molecule has 0 bridgehead atoms. The number of amides is 1. The number of ether oxygens (including phenoxy) is 1. The molecule has 0 fully saturated rings. The summed E-state index contributed by atoms with van der Waals surface area (Å²) in [5.74, 6) is 1.47. The van der Waals surface area contributed by atoms with Gasteiger partial charge in [-0.05, 0) is 37.6 Å². The topological polar surface area (TPSA) is 71.1 Å². The van der Waals surface area contributed by atoms with Crippen molar-refractivity contribution in [3.8, 4) is 11.6 Å². The second-order valence-electron chi connectivity index (χ2n) is 6.36. The number of carbonyl (C=O) groups is 1. The Labute approximate surface area is 145 Å². The molecule has 0 spiro atoms. The van der Waals surface area contributed by atoms with Crippen molar-refractivity contribution in [1.29, 1.82) is 0 Å². The zero-order chi connectivity index (χ0) is 17.4. The van der Waals surface area contributed by atoms with Crippen LogP contribution in [0.2, 0.25) is 0 Å². The maximum Gasteiger partial charge on any atom is 0.225 e. The first-order valence-electron chi connectivity index (χ1n) is 8.53. The maximum absolute atomic E-state index is 12.1. The van der Waals surface area contributed by atoms with Gasteiger partial charge in [0.2, 0.25) is 11.8 Å². The Balaban J connectivity index is 1.65. The van der Waals surface area contributed by atoms with Crippen molar-refractivity contribution in [2.75, 3.05) is 0 Å². The van der Waals surface area contributed by atoms with E-state index in [0.717, 1.165) is 27.9 Å². The molecule has 25 heavy (non-hydrogen) atoms. The lowest BCUT2D eigenvalue weighted by Gasteiger charge is -2.34. The van der Waals surface area contributed by atoms with Crippen LogP contribution in [0.5, 0.6) is 11.6 Å². The fraction of sp³-hybridized carbons (Fsp3) is 0.316. The third kappa shape index (κ3) is 2.84. The summed E-state index contributed by atoms with van der Waals surface area (Å²) >= 11 is 0. The van der Waals surface area contributed by atoms with Gasteiger partial charge in [0.1, 0.15) is 12.1 Å². The molecule has 0 aliphatic carbocycles. The Morgan fingerprint density at radius 1 is 1.36 bits per heavy atom. The molecule has 6 heteroatoms. The number of carbonyl (C=O) groups excluding carboxylic acids is 1. The van der Waals surface area contributed by atoms with E-state index in [1.54, 1.807) is 0 Å². The number of H-pyrrole nitrogens is 1. The van der Waals surface area contributed by atoms with Gasteiger partial charge >= 0.3 is 0 Å². The molecule has 3 aromatic rings. The number of nitrogens with zero attached hydrogens (tertiary/aromatic N) is 3. The minimum absolute atomic E-state index is 0.112. The van der Waals surface area contributed by atoms with Crippen LogP contribution >= 0.6 is 0 Å². The summed E-state index contributed by atoms with van der Waals surface area (Å²) < 4.78 is 6.06. The van der Waals surface area contributed by atoms with E-state index in [1.165, 1.54) is 6.33 Å². The maximum atomic E-state index is 12.1. The average molecular weight is 336 g/mol. The number of benzene rings is 1. The highest BCUT2D eigenvalue weighted by atomic mass is 16.5. The van der Waals surface area contributed by atoms with Gasteiger partial charge in [0.15, 0.2) is 0 Å². The summed E-state index contributed by atoms with van der Waals surface area (Å²) in [6.07, 6.45) is 4.62. The third-order valence-corrected chi connectivity index (χ3v) is 4.71. The highest BCUT2D eigenvalue weighted by Crippen LogP contribution is 2.31. The first-order valence-corrected chi connectivity index (χ1v) is 8.53. The Morgan fingerprint density at radius 3 is 3.08 bits per heavy atom. The molecule has 0 saturated heterocycles. The highest BCUT2D eigenvalue weighted by molar-refractivity contribution is 5.80. The van der Waals surface area contributed by atoms with E-state index in [1.807, 2.05) is 42.3 Å². The molecule has 0 unspecified atom stereocenters. The molecule has 128 valence electrons. The Morgan fingerprint density at radius 2 is 2.24 bits per heavy atom. The van der Waals surface area contributed by atoms with Gasteiger partial charge in [0.25, 0.3) is 0 Å². The zero-order valence-electron chi connectivity index (χ0n) is 14.3. The molecule has 6 nitrogen and oxygen atoms in total. The summed E-state index contributed by atoms with van der Waals surface area (Å²) in [4.78, 5) is 25.9. The normalized spacial score (nSPS) is 16.7. The van der Waals surface area contributed by atoms with Crippen LogP contribution in [0.15, 0.2) is 36.8 Å². The minimum atomic E-state index is 0.112. The predicted molar refractivity (Wildman–Crippen MR) is 94.4 cm³/mol. The number of rotatable bonds is 3. The summed E-state index contributed by atoms with van der Waals surface area (Å²) in [6.45, 7) is 4.45. The first-order chi connectivity index (χ1) is 12.2. The molecule has 0 radical (unpaired) electrons. The van der Waals surface area contributed by atoms with Crippen molar-refractivity contribution >= 4 is 16.8 Å². The summed E-state index contributed by atoms with van der Waals surface area (Å²) in [7, 11) is 0. The number of aromatic nitrogens is 3. The van der Waals surface area contributed by atoms with Gasteiger partial charge in [-0.15, -0.1) is 0 Å². The Kier molecular flexibility index (Phi) is 3.87. The van der Waals surface area contributed by atoms with Crippen LogP contribution in [0.1, 0.15) is 31.5 Å². The van der Waals surface area contributed by atoms with Gasteiger partial charge in [0.05, 0.1) is 12.2 Å². The average Bonchev–Trinajstić information content (AvgIpc) is 3.09. The molecular weight excluding hydrogens is 316 g/mol. The second kappa shape index (κ2) is 6.20. The van der Waals surface area contributed by atoms with Crippen molar-refractivity contribution in [2.24, 2.45) is 0 Å². The lowest BCUT2D eigenvalue weighted by molar-refractivity contribution is -0.134. The standard InChI is InChI=1S/C19H20N4O2/c1-3-18(24)23-10-17-15(8-12(23)2)19(22-11-21-17)25-14-4-5-16-13(9-14)6-7-20-16/h4-7,9,11-12,20H,3,8,10H2,1-2H3/t12-/m0/s1. The van der Waals surface area contributed by atoms with Crippen LogP contribution in [0.3, 0.4) is 0 Å². The van der Waals surface area contributed by atoms with E-state index in [2.05, 4.69) is 21.9 Å². The lowest BCUT2D eigenvalue weighted by atomic mass is 9.99. The molecule has 1 amide bonds. The molecule has 1 N–H and O–H groups in total. The van der Waals surface area contributed by atoms with Gasteiger partial charge in [-0.2, -0.15) is 0 Å². The van der Waals surface area contributed by atoms with E-state index in [9.17, 15) is 4.79 Å². The minimum Gasteiger partial charge on any atom is -0.439 e. The van der Waals surface area contributed by atoms with Crippen LogP contribution in [-0.2, 0) is 17.8 Å². The SMILES string of the molecule is CCC(=O)N1Cc2ncnc(Oc3ccc4[nH]ccc4c3)c2C[C@@H]1C. The van der Waals surface area contributed by atoms with Gasteiger partial charge < -0.3 is 14.6 Å². The number of fused-ring (bicyclic) bond motifs is 2. The summed E-state index contributed by atoms with van der Waals surface area (Å²) in [6, 6.07) is 8.02. The van der Waals surface area contributed by atoms with E-state index in [0.29, 0.717) is 25.3 Å². The highest BCUT2D eigenvalue weighted by Gasteiger charge is 2.29. The summed E-state index contributed by atoms with van der Waals surface area (Å²) in [5.41, 5.74) is 2.93. The van der Waals surface area contributed by atoms with E-state index < -0.39 is 0 Å². The fourth-order valence-corrected chi connectivity index (χ4v) is 3.33. The van der Waals surface area contributed by atoms with Crippen molar-refractivity contribution in [2.45, 2.75) is 39.3 Å². The van der Waals surface area contributed by atoms with Crippen LogP contribution < -0.4 is 4.74 Å². The van der Waals surface area contributed by atoms with Crippen LogP contribution in [-0.4, -0.2) is 31.8 Å². The van der Waals surface area contributed by atoms with Crippen molar-refractivity contribution < 1.29 is 9.53 Å². The van der Waals surface area contributed by atoms with Crippen LogP contribution in [0, 0.1) is 0 Å². The van der Waals surface area contributed by atoms with Crippen LogP contribution in [0.25, 0.3) is 10.9 Å². The smallest absolute Gasteiger partial charge is 0.225 e.